The van der Waals surface area contributed by atoms with Crippen LogP contribution in [0.25, 0.3) is 0 Å². The van der Waals surface area contributed by atoms with Crippen LogP contribution in [-0.2, 0) is 6.42 Å². The fourth-order valence-corrected chi connectivity index (χ4v) is 2.39. The molecule has 0 aliphatic heterocycles. The van der Waals surface area contributed by atoms with E-state index in [4.69, 9.17) is 10.5 Å². The standard InChI is InChI=1S/C15H23NO2/c1-3-15(17,4-2)10-18-12-6-7-13-11(9-12)5-8-14(13)16/h6-7,9,14,17H,3-5,8,10,16H2,1-2H3. The molecule has 18 heavy (non-hydrogen) atoms. The summed E-state index contributed by atoms with van der Waals surface area (Å²) in [6, 6.07) is 6.25. The predicted molar refractivity (Wildman–Crippen MR) is 72.7 cm³/mol. The lowest BCUT2D eigenvalue weighted by atomic mass is 9.99. The molecule has 1 atom stereocenters. The third-order valence-electron chi connectivity index (χ3n) is 4.06. The van der Waals surface area contributed by atoms with Gasteiger partial charge in [-0.15, -0.1) is 0 Å². The Kier molecular flexibility index (Phi) is 3.93. The van der Waals surface area contributed by atoms with Crippen LogP contribution in [0.1, 0.15) is 50.3 Å². The highest BCUT2D eigenvalue weighted by Gasteiger charge is 2.24. The van der Waals surface area contributed by atoms with Crippen molar-refractivity contribution in [2.75, 3.05) is 6.61 Å². The molecule has 0 saturated carbocycles. The normalized spacial score (nSPS) is 18.8. The summed E-state index contributed by atoms with van der Waals surface area (Å²) < 4.78 is 5.72. The van der Waals surface area contributed by atoms with Gasteiger partial charge >= 0.3 is 0 Å². The maximum Gasteiger partial charge on any atom is 0.119 e. The summed E-state index contributed by atoms with van der Waals surface area (Å²) >= 11 is 0. The van der Waals surface area contributed by atoms with E-state index in [0.717, 1.165) is 18.6 Å². The third-order valence-corrected chi connectivity index (χ3v) is 4.06. The minimum absolute atomic E-state index is 0.178. The number of nitrogens with two attached hydrogens (primary N) is 1. The number of rotatable bonds is 5. The molecular formula is C15H23NO2. The zero-order chi connectivity index (χ0) is 13.2. The number of ether oxygens (including phenoxy) is 1. The quantitative estimate of drug-likeness (QED) is 0.843. The van der Waals surface area contributed by atoms with Gasteiger partial charge in [0.25, 0.3) is 0 Å². The fraction of sp³-hybridized carbons (Fsp3) is 0.600. The van der Waals surface area contributed by atoms with Gasteiger partial charge in [-0.3, -0.25) is 0 Å². The smallest absolute Gasteiger partial charge is 0.119 e. The lowest BCUT2D eigenvalue weighted by Crippen LogP contribution is -2.34. The van der Waals surface area contributed by atoms with Gasteiger partial charge in [0.2, 0.25) is 0 Å². The molecule has 0 radical (unpaired) electrons. The first-order valence-corrected chi connectivity index (χ1v) is 6.81. The Balaban J connectivity index is 2.03. The molecular weight excluding hydrogens is 226 g/mol. The second kappa shape index (κ2) is 5.29. The Bertz CT molecular complexity index is 413. The van der Waals surface area contributed by atoms with Crippen molar-refractivity contribution in [3.8, 4) is 5.75 Å². The van der Waals surface area contributed by atoms with E-state index in [0.29, 0.717) is 19.4 Å². The van der Waals surface area contributed by atoms with E-state index < -0.39 is 5.60 Å². The van der Waals surface area contributed by atoms with E-state index in [9.17, 15) is 5.11 Å². The van der Waals surface area contributed by atoms with E-state index in [1.807, 2.05) is 19.9 Å². The Labute approximate surface area is 109 Å². The number of fused-ring (bicyclic) bond motifs is 1. The second-order valence-corrected chi connectivity index (χ2v) is 5.23. The Morgan fingerprint density at radius 2 is 2.11 bits per heavy atom. The van der Waals surface area contributed by atoms with Crippen molar-refractivity contribution in [3.63, 3.8) is 0 Å². The van der Waals surface area contributed by atoms with Gasteiger partial charge in [0, 0.05) is 6.04 Å². The van der Waals surface area contributed by atoms with Crippen LogP contribution in [-0.4, -0.2) is 17.3 Å². The van der Waals surface area contributed by atoms with Crippen molar-refractivity contribution in [2.45, 2.75) is 51.2 Å². The lowest BCUT2D eigenvalue weighted by molar-refractivity contribution is -0.0113. The summed E-state index contributed by atoms with van der Waals surface area (Å²) in [5, 5.41) is 10.2. The number of aliphatic hydroxyl groups is 1. The molecule has 3 nitrogen and oxygen atoms in total. The predicted octanol–water partition coefficient (Wildman–Crippen LogP) is 2.56. The zero-order valence-electron chi connectivity index (χ0n) is 11.3. The number of hydrogen-bond donors (Lipinski definition) is 2. The molecule has 1 aromatic rings. The van der Waals surface area contributed by atoms with Gasteiger partial charge in [-0.2, -0.15) is 0 Å². The average Bonchev–Trinajstić information content (AvgIpc) is 2.77. The minimum Gasteiger partial charge on any atom is -0.491 e. The summed E-state index contributed by atoms with van der Waals surface area (Å²) in [6.45, 7) is 4.31. The van der Waals surface area contributed by atoms with Gasteiger partial charge < -0.3 is 15.6 Å². The second-order valence-electron chi connectivity index (χ2n) is 5.23. The molecule has 1 aliphatic rings. The van der Waals surface area contributed by atoms with E-state index in [1.54, 1.807) is 0 Å². The number of benzene rings is 1. The van der Waals surface area contributed by atoms with E-state index >= 15 is 0 Å². The summed E-state index contributed by atoms with van der Waals surface area (Å²) in [6.07, 6.45) is 3.46. The van der Waals surface area contributed by atoms with Crippen molar-refractivity contribution >= 4 is 0 Å². The first-order chi connectivity index (χ1) is 8.58. The molecule has 3 heteroatoms. The maximum absolute atomic E-state index is 10.2. The topological polar surface area (TPSA) is 55.5 Å². The van der Waals surface area contributed by atoms with Gasteiger partial charge in [0.1, 0.15) is 12.4 Å². The molecule has 1 unspecified atom stereocenters. The summed E-state index contributed by atoms with van der Waals surface area (Å²) in [7, 11) is 0. The van der Waals surface area contributed by atoms with Crippen LogP contribution < -0.4 is 10.5 Å². The molecule has 2 rings (SSSR count). The zero-order valence-corrected chi connectivity index (χ0v) is 11.3. The average molecular weight is 249 g/mol. The maximum atomic E-state index is 10.2. The van der Waals surface area contributed by atoms with Crippen LogP contribution in [0.15, 0.2) is 18.2 Å². The van der Waals surface area contributed by atoms with Crippen LogP contribution >= 0.6 is 0 Å². The summed E-state index contributed by atoms with van der Waals surface area (Å²) in [4.78, 5) is 0. The van der Waals surface area contributed by atoms with Crippen molar-refractivity contribution < 1.29 is 9.84 Å². The van der Waals surface area contributed by atoms with E-state index in [-0.39, 0.29) is 6.04 Å². The molecule has 0 fully saturated rings. The van der Waals surface area contributed by atoms with Gasteiger partial charge in [0.15, 0.2) is 0 Å². The van der Waals surface area contributed by atoms with Crippen LogP contribution in [0.4, 0.5) is 0 Å². The van der Waals surface area contributed by atoms with Crippen molar-refractivity contribution in [3.05, 3.63) is 29.3 Å². The largest absolute Gasteiger partial charge is 0.491 e. The molecule has 0 aromatic heterocycles. The van der Waals surface area contributed by atoms with Crippen molar-refractivity contribution in [2.24, 2.45) is 5.73 Å². The highest BCUT2D eigenvalue weighted by molar-refractivity contribution is 5.40. The third kappa shape index (κ3) is 2.68. The first-order valence-electron chi connectivity index (χ1n) is 6.81. The first kappa shape index (κ1) is 13.4. The molecule has 0 amide bonds. The van der Waals surface area contributed by atoms with Gasteiger partial charge in [-0.05, 0) is 48.9 Å². The summed E-state index contributed by atoms with van der Waals surface area (Å²) in [5.41, 5.74) is 7.82. The van der Waals surface area contributed by atoms with Gasteiger partial charge in [-0.25, -0.2) is 0 Å². The van der Waals surface area contributed by atoms with Gasteiger partial charge in [0.05, 0.1) is 5.60 Å². The molecule has 1 aliphatic carbocycles. The minimum atomic E-state index is -0.713. The van der Waals surface area contributed by atoms with E-state index in [1.165, 1.54) is 11.1 Å². The van der Waals surface area contributed by atoms with Crippen LogP contribution in [0.2, 0.25) is 0 Å². The Morgan fingerprint density at radius 3 is 2.78 bits per heavy atom. The highest BCUT2D eigenvalue weighted by Crippen LogP contribution is 2.32. The highest BCUT2D eigenvalue weighted by atomic mass is 16.5. The lowest BCUT2D eigenvalue weighted by Gasteiger charge is -2.25. The van der Waals surface area contributed by atoms with Crippen molar-refractivity contribution in [1.29, 1.82) is 0 Å². The molecule has 100 valence electrons. The Hall–Kier alpha value is -1.06. The summed E-state index contributed by atoms with van der Waals surface area (Å²) in [5.74, 6) is 0.836. The number of aryl methyl sites for hydroxylation is 1. The number of hydrogen-bond acceptors (Lipinski definition) is 3. The Morgan fingerprint density at radius 1 is 1.39 bits per heavy atom. The molecule has 0 saturated heterocycles. The SMILES string of the molecule is CCC(O)(CC)COc1ccc2c(c1)CCC2N. The molecule has 1 aromatic carbocycles. The monoisotopic (exact) mass is 249 g/mol. The molecule has 0 bridgehead atoms. The fourth-order valence-electron chi connectivity index (χ4n) is 2.39. The van der Waals surface area contributed by atoms with Crippen LogP contribution in [0, 0.1) is 0 Å². The van der Waals surface area contributed by atoms with Gasteiger partial charge in [-0.1, -0.05) is 19.9 Å². The molecule has 3 N–H and O–H groups in total. The van der Waals surface area contributed by atoms with Crippen LogP contribution in [0.3, 0.4) is 0 Å². The van der Waals surface area contributed by atoms with E-state index in [2.05, 4.69) is 12.1 Å². The molecule has 0 spiro atoms. The van der Waals surface area contributed by atoms with Crippen LogP contribution in [0.5, 0.6) is 5.75 Å². The van der Waals surface area contributed by atoms with Crippen molar-refractivity contribution in [1.82, 2.24) is 0 Å². The molecule has 0 heterocycles.